The van der Waals surface area contributed by atoms with E-state index in [1.165, 1.54) is 11.9 Å². The number of hydrogen-bond acceptors (Lipinski definition) is 4. The van der Waals surface area contributed by atoms with Gasteiger partial charge in [-0.3, -0.25) is 9.59 Å². The van der Waals surface area contributed by atoms with E-state index in [4.69, 9.17) is 4.74 Å². The number of carbonyl (C=O) groups is 3. The number of carbonyl (C=O) groups excluding carboxylic acids is 3. The van der Waals surface area contributed by atoms with Gasteiger partial charge >= 0.3 is 6.09 Å². The number of amides is 2. The third-order valence-electron chi connectivity index (χ3n) is 2.15. The SMILES string of the molecule is CC[C@H](NC(=O)OC(C)(C)C)C(=O)N(C)CC(=O)S. The van der Waals surface area contributed by atoms with Crippen LogP contribution in [0.5, 0.6) is 0 Å². The van der Waals surface area contributed by atoms with Gasteiger partial charge in [0.25, 0.3) is 0 Å². The van der Waals surface area contributed by atoms with Crippen LogP contribution in [0.15, 0.2) is 0 Å². The first kappa shape index (κ1) is 17.8. The summed E-state index contributed by atoms with van der Waals surface area (Å²) in [4.78, 5) is 35.6. The molecule has 0 fully saturated rings. The number of ether oxygens (including phenoxy) is 1. The third kappa shape index (κ3) is 7.71. The standard InChI is InChI=1S/C12H22N2O4S/c1-6-8(10(16)14(5)7-9(15)19)13-11(17)18-12(2,3)4/h8H,6-7H2,1-5H3,(H,13,17)(H,15,19)/t8-/m0/s1. The fourth-order valence-electron chi connectivity index (χ4n) is 1.34. The van der Waals surface area contributed by atoms with Gasteiger partial charge < -0.3 is 15.0 Å². The van der Waals surface area contributed by atoms with E-state index in [0.717, 1.165) is 0 Å². The Morgan fingerprint density at radius 1 is 1.32 bits per heavy atom. The minimum Gasteiger partial charge on any atom is -0.444 e. The maximum atomic E-state index is 12.0. The zero-order valence-corrected chi connectivity index (χ0v) is 12.9. The molecule has 19 heavy (non-hydrogen) atoms. The second-order valence-electron chi connectivity index (χ2n) is 5.20. The first-order valence-electron chi connectivity index (χ1n) is 6.03. The molecule has 1 atom stereocenters. The van der Waals surface area contributed by atoms with Gasteiger partial charge in [0.05, 0.1) is 6.54 Å². The molecule has 1 N–H and O–H groups in total. The normalized spacial score (nSPS) is 12.5. The van der Waals surface area contributed by atoms with Crippen LogP contribution in [0.25, 0.3) is 0 Å². The molecule has 0 aliphatic heterocycles. The second-order valence-corrected chi connectivity index (χ2v) is 5.69. The lowest BCUT2D eigenvalue weighted by Gasteiger charge is -2.25. The van der Waals surface area contributed by atoms with Crippen molar-refractivity contribution in [3.63, 3.8) is 0 Å². The minimum atomic E-state index is -0.715. The summed E-state index contributed by atoms with van der Waals surface area (Å²) in [7, 11) is 1.48. The molecule has 0 radical (unpaired) electrons. The second kappa shape index (κ2) is 7.37. The third-order valence-corrected chi connectivity index (χ3v) is 2.29. The summed E-state index contributed by atoms with van der Waals surface area (Å²) >= 11 is 3.61. The highest BCUT2D eigenvalue weighted by Crippen LogP contribution is 2.07. The number of likely N-dealkylation sites (N-methyl/N-ethyl adjacent to an activating group) is 1. The van der Waals surface area contributed by atoms with E-state index in [0.29, 0.717) is 6.42 Å². The zero-order chi connectivity index (χ0) is 15.2. The van der Waals surface area contributed by atoms with Crippen molar-refractivity contribution < 1.29 is 19.1 Å². The molecule has 0 saturated carbocycles. The molecule has 110 valence electrons. The first-order valence-corrected chi connectivity index (χ1v) is 6.47. The number of nitrogens with one attached hydrogen (secondary N) is 1. The Bertz CT molecular complexity index is 352. The Labute approximate surface area is 119 Å². The smallest absolute Gasteiger partial charge is 0.408 e. The summed E-state index contributed by atoms with van der Waals surface area (Å²) < 4.78 is 5.08. The molecule has 0 heterocycles. The summed E-state index contributed by atoms with van der Waals surface area (Å²) in [6.45, 7) is 6.87. The van der Waals surface area contributed by atoms with Crippen molar-refractivity contribution in [2.45, 2.75) is 45.8 Å². The number of alkyl carbamates (subject to hydrolysis) is 1. The summed E-state index contributed by atoms with van der Waals surface area (Å²) in [6.07, 6.45) is -0.248. The predicted octanol–water partition coefficient (Wildman–Crippen LogP) is 1.20. The van der Waals surface area contributed by atoms with Gasteiger partial charge in [0, 0.05) is 7.05 Å². The van der Waals surface area contributed by atoms with Crippen LogP contribution in [0.4, 0.5) is 4.79 Å². The fourth-order valence-corrected chi connectivity index (χ4v) is 1.55. The van der Waals surface area contributed by atoms with Crippen molar-refractivity contribution >= 4 is 29.7 Å². The van der Waals surface area contributed by atoms with E-state index < -0.39 is 22.9 Å². The molecular formula is C12H22N2O4S. The Hall–Kier alpha value is -1.24. The average molecular weight is 290 g/mol. The molecule has 7 heteroatoms. The molecule has 2 amide bonds. The monoisotopic (exact) mass is 290 g/mol. The predicted molar refractivity (Wildman–Crippen MR) is 75.1 cm³/mol. The number of thiol groups is 1. The fraction of sp³-hybridized carbons (Fsp3) is 0.750. The van der Waals surface area contributed by atoms with Gasteiger partial charge in [0.1, 0.15) is 11.6 Å². The lowest BCUT2D eigenvalue weighted by Crippen LogP contribution is -2.49. The van der Waals surface area contributed by atoms with Crippen molar-refractivity contribution in [1.82, 2.24) is 10.2 Å². The van der Waals surface area contributed by atoms with Crippen molar-refractivity contribution in [3.8, 4) is 0 Å². The van der Waals surface area contributed by atoms with Gasteiger partial charge in [0.2, 0.25) is 11.0 Å². The molecule has 0 rings (SSSR count). The van der Waals surface area contributed by atoms with Gasteiger partial charge in [-0.25, -0.2) is 4.79 Å². The largest absolute Gasteiger partial charge is 0.444 e. The van der Waals surface area contributed by atoms with Gasteiger partial charge in [-0.1, -0.05) is 6.92 Å². The molecule has 6 nitrogen and oxygen atoms in total. The quantitative estimate of drug-likeness (QED) is 0.746. The molecule has 0 bridgehead atoms. The molecule has 0 saturated heterocycles. The molecule has 0 aromatic heterocycles. The molecule has 0 spiro atoms. The van der Waals surface area contributed by atoms with Gasteiger partial charge in [-0.15, -0.1) is 12.6 Å². The Kier molecular flexibility index (Phi) is 6.89. The van der Waals surface area contributed by atoms with Crippen LogP contribution < -0.4 is 5.32 Å². The highest BCUT2D eigenvalue weighted by molar-refractivity contribution is 7.96. The van der Waals surface area contributed by atoms with E-state index >= 15 is 0 Å². The average Bonchev–Trinajstić information content (AvgIpc) is 2.21. The molecule has 0 aliphatic rings. The lowest BCUT2D eigenvalue weighted by atomic mass is 10.2. The number of nitrogens with zero attached hydrogens (tertiary/aromatic N) is 1. The maximum absolute atomic E-state index is 12.0. The topological polar surface area (TPSA) is 75.7 Å². The van der Waals surface area contributed by atoms with Crippen molar-refractivity contribution in [2.24, 2.45) is 0 Å². The number of hydrogen-bond donors (Lipinski definition) is 2. The summed E-state index contributed by atoms with van der Waals surface area (Å²) in [5.41, 5.74) is -0.627. The van der Waals surface area contributed by atoms with Crippen LogP contribution in [0.2, 0.25) is 0 Å². The first-order chi connectivity index (χ1) is 8.56. The molecule has 0 aromatic carbocycles. The van der Waals surface area contributed by atoms with Crippen LogP contribution in [0.1, 0.15) is 34.1 Å². The van der Waals surface area contributed by atoms with Crippen LogP contribution in [0, 0.1) is 0 Å². The van der Waals surface area contributed by atoms with E-state index in [2.05, 4.69) is 17.9 Å². The van der Waals surface area contributed by atoms with Gasteiger partial charge in [0.15, 0.2) is 0 Å². The van der Waals surface area contributed by atoms with E-state index in [1.54, 1.807) is 27.7 Å². The molecule has 0 aliphatic carbocycles. The van der Waals surface area contributed by atoms with Crippen molar-refractivity contribution in [2.75, 3.05) is 13.6 Å². The maximum Gasteiger partial charge on any atom is 0.408 e. The molecular weight excluding hydrogens is 268 g/mol. The van der Waals surface area contributed by atoms with E-state index in [9.17, 15) is 14.4 Å². The van der Waals surface area contributed by atoms with Crippen LogP contribution >= 0.6 is 12.6 Å². The van der Waals surface area contributed by atoms with Crippen LogP contribution in [0.3, 0.4) is 0 Å². The van der Waals surface area contributed by atoms with E-state index in [-0.39, 0.29) is 12.5 Å². The zero-order valence-electron chi connectivity index (χ0n) is 12.0. The summed E-state index contributed by atoms with van der Waals surface area (Å²) in [5, 5.41) is 2.07. The highest BCUT2D eigenvalue weighted by atomic mass is 32.1. The summed E-state index contributed by atoms with van der Waals surface area (Å²) in [5.74, 6) is -0.351. The molecule has 0 aromatic rings. The minimum absolute atomic E-state index is 0.103. The Morgan fingerprint density at radius 3 is 2.21 bits per heavy atom. The lowest BCUT2D eigenvalue weighted by molar-refractivity contribution is -0.134. The van der Waals surface area contributed by atoms with E-state index in [1.807, 2.05) is 0 Å². The van der Waals surface area contributed by atoms with Gasteiger partial charge in [-0.05, 0) is 27.2 Å². The van der Waals surface area contributed by atoms with Crippen molar-refractivity contribution in [1.29, 1.82) is 0 Å². The molecule has 0 unspecified atom stereocenters. The van der Waals surface area contributed by atoms with Crippen LogP contribution in [-0.4, -0.2) is 47.3 Å². The Morgan fingerprint density at radius 2 is 1.84 bits per heavy atom. The highest BCUT2D eigenvalue weighted by Gasteiger charge is 2.25. The van der Waals surface area contributed by atoms with Crippen LogP contribution in [-0.2, 0) is 14.3 Å². The Balaban J connectivity index is 4.53. The van der Waals surface area contributed by atoms with Crippen molar-refractivity contribution in [3.05, 3.63) is 0 Å². The van der Waals surface area contributed by atoms with Gasteiger partial charge in [-0.2, -0.15) is 0 Å². The number of rotatable bonds is 5. The summed E-state index contributed by atoms with van der Waals surface area (Å²) in [6, 6.07) is -0.715.